The number of H-pyrrole nitrogens is 1. The van der Waals surface area contributed by atoms with E-state index in [1.54, 1.807) is 6.20 Å². The van der Waals surface area contributed by atoms with Gasteiger partial charge in [-0.2, -0.15) is 13.2 Å². The Bertz CT molecular complexity index is 1240. The highest BCUT2D eigenvalue weighted by atomic mass is 19.4. The SMILES string of the molecule is FC(F)(F)c1cnc(NC2CCCC3(CCNCC3)C2)nc1-c1c[nH]c2nc(N3CCOCC3)ccc12. The predicted molar refractivity (Wildman–Crippen MR) is 136 cm³/mol. The van der Waals surface area contributed by atoms with E-state index in [4.69, 9.17) is 4.74 Å². The molecule has 3 fully saturated rings. The van der Waals surface area contributed by atoms with Gasteiger partial charge in [0.2, 0.25) is 5.95 Å². The minimum atomic E-state index is -4.58. The third kappa shape index (κ3) is 4.98. The van der Waals surface area contributed by atoms with E-state index in [1.807, 2.05) is 12.1 Å². The summed E-state index contributed by atoms with van der Waals surface area (Å²) in [6.45, 7) is 4.75. The summed E-state index contributed by atoms with van der Waals surface area (Å²) in [5.41, 5.74) is 0.211. The van der Waals surface area contributed by atoms with Crippen LogP contribution in [0.15, 0.2) is 24.5 Å². The highest BCUT2D eigenvalue weighted by molar-refractivity contribution is 5.94. The number of pyridine rings is 1. The number of ether oxygens (including phenoxy) is 1. The van der Waals surface area contributed by atoms with Crippen molar-refractivity contribution in [1.82, 2.24) is 25.3 Å². The third-order valence-corrected chi connectivity index (χ3v) is 8.14. The maximum atomic E-state index is 14.0. The van der Waals surface area contributed by atoms with E-state index in [9.17, 15) is 13.2 Å². The third-order valence-electron chi connectivity index (χ3n) is 8.14. The number of halogens is 3. The lowest BCUT2D eigenvalue weighted by Crippen LogP contribution is -2.43. The lowest BCUT2D eigenvalue weighted by molar-refractivity contribution is -0.137. The van der Waals surface area contributed by atoms with Gasteiger partial charge in [0.25, 0.3) is 0 Å². The van der Waals surface area contributed by atoms with Crippen LogP contribution in [0.4, 0.5) is 24.9 Å². The Labute approximate surface area is 213 Å². The number of nitrogens with zero attached hydrogens (tertiary/aromatic N) is 4. The van der Waals surface area contributed by atoms with E-state index >= 15 is 0 Å². The molecule has 11 heteroatoms. The molecule has 37 heavy (non-hydrogen) atoms. The summed E-state index contributed by atoms with van der Waals surface area (Å²) in [5.74, 6) is 1.01. The van der Waals surface area contributed by atoms with Crippen LogP contribution in [-0.4, -0.2) is 65.4 Å². The molecule has 3 aliphatic rings. The van der Waals surface area contributed by atoms with E-state index in [2.05, 4.69) is 35.5 Å². The monoisotopic (exact) mass is 515 g/mol. The predicted octanol–water partition coefficient (Wildman–Crippen LogP) is 4.60. The number of alkyl halides is 3. The number of aromatic amines is 1. The molecule has 1 spiro atoms. The van der Waals surface area contributed by atoms with Gasteiger partial charge < -0.3 is 25.3 Å². The molecule has 3 N–H and O–H groups in total. The van der Waals surface area contributed by atoms with Crippen LogP contribution in [0.3, 0.4) is 0 Å². The molecule has 3 aromatic rings. The normalized spacial score (nSPS) is 22.5. The zero-order chi connectivity index (χ0) is 25.5. The average molecular weight is 516 g/mol. The smallest absolute Gasteiger partial charge is 0.378 e. The quantitative estimate of drug-likeness (QED) is 0.468. The molecule has 1 unspecified atom stereocenters. The van der Waals surface area contributed by atoms with Gasteiger partial charge in [-0.1, -0.05) is 6.42 Å². The van der Waals surface area contributed by atoms with Crippen molar-refractivity contribution in [2.24, 2.45) is 5.41 Å². The average Bonchev–Trinajstić information content (AvgIpc) is 3.32. The molecule has 0 bridgehead atoms. The molecule has 3 aromatic heterocycles. The van der Waals surface area contributed by atoms with E-state index in [1.165, 1.54) is 6.42 Å². The van der Waals surface area contributed by atoms with Crippen molar-refractivity contribution < 1.29 is 17.9 Å². The summed E-state index contributed by atoms with van der Waals surface area (Å²) < 4.78 is 47.5. The number of aromatic nitrogens is 4. The molecule has 2 aliphatic heterocycles. The van der Waals surface area contributed by atoms with Gasteiger partial charge >= 0.3 is 6.18 Å². The van der Waals surface area contributed by atoms with Crippen LogP contribution in [0.25, 0.3) is 22.3 Å². The largest absolute Gasteiger partial charge is 0.419 e. The van der Waals surface area contributed by atoms with Gasteiger partial charge in [0.1, 0.15) is 17.0 Å². The number of piperidine rings is 1. The Hall–Kier alpha value is -2.92. The molecule has 6 rings (SSSR count). The summed E-state index contributed by atoms with van der Waals surface area (Å²) in [5, 5.41) is 7.41. The lowest BCUT2D eigenvalue weighted by Gasteiger charge is -2.44. The van der Waals surface area contributed by atoms with Crippen LogP contribution in [-0.2, 0) is 10.9 Å². The number of anilines is 2. The van der Waals surface area contributed by atoms with Gasteiger partial charge in [0.05, 0.1) is 18.9 Å². The number of fused-ring (bicyclic) bond motifs is 1. The van der Waals surface area contributed by atoms with Crippen molar-refractivity contribution in [1.29, 1.82) is 0 Å². The topological polar surface area (TPSA) is 91.0 Å². The molecule has 198 valence electrons. The number of hydrogen-bond donors (Lipinski definition) is 3. The van der Waals surface area contributed by atoms with Crippen molar-refractivity contribution in [3.8, 4) is 11.3 Å². The second-order valence-corrected chi connectivity index (χ2v) is 10.5. The molecule has 1 aliphatic carbocycles. The van der Waals surface area contributed by atoms with Crippen molar-refractivity contribution in [3.05, 3.63) is 30.1 Å². The molecular weight excluding hydrogens is 483 g/mol. The first-order valence-corrected chi connectivity index (χ1v) is 13.1. The highest BCUT2D eigenvalue weighted by Gasteiger charge is 2.39. The zero-order valence-corrected chi connectivity index (χ0v) is 20.7. The van der Waals surface area contributed by atoms with Crippen LogP contribution in [0, 0.1) is 5.41 Å². The van der Waals surface area contributed by atoms with E-state index in [0.717, 1.165) is 70.3 Å². The Morgan fingerprint density at radius 1 is 1.08 bits per heavy atom. The molecule has 0 aromatic carbocycles. The molecule has 0 amide bonds. The Morgan fingerprint density at radius 3 is 2.68 bits per heavy atom. The van der Waals surface area contributed by atoms with Crippen molar-refractivity contribution in [2.75, 3.05) is 49.6 Å². The molecule has 5 heterocycles. The van der Waals surface area contributed by atoms with Crippen molar-refractivity contribution in [3.63, 3.8) is 0 Å². The van der Waals surface area contributed by atoms with Crippen molar-refractivity contribution >= 4 is 22.8 Å². The summed E-state index contributed by atoms with van der Waals surface area (Å²) in [6.07, 6.45) is 4.44. The zero-order valence-electron chi connectivity index (χ0n) is 20.7. The second-order valence-electron chi connectivity index (χ2n) is 10.5. The summed E-state index contributed by atoms with van der Waals surface area (Å²) in [6, 6.07) is 3.81. The maximum Gasteiger partial charge on any atom is 0.419 e. The molecule has 2 saturated heterocycles. The first kappa shape index (κ1) is 24.4. The van der Waals surface area contributed by atoms with Gasteiger partial charge in [-0.3, -0.25) is 0 Å². The van der Waals surface area contributed by atoms with Gasteiger partial charge in [0, 0.05) is 42.5 Å². The van der Waals surface area contributed by atoms with Gasteiger partial charge in [0.15, 0.2) is 0 Å². The van der Waals surface area contributed by atoms with Crippen LogP contribution in [0.2, 0.25) is 0 Å². The highest BCUT2D eigenvalue weighted by Crippen LogP contribution is 2.44. The van der Waals surface area contributed by atoms with Crippen LogP contribution < -0.4 is 15.5 Å². The Kier molecular flexibility index (Phi) is 6.44. The fraction of sp³-hybridized carbons (Fsp3) is 0.577. The number of rotatable bonds is 4. The molecule has 0 radical (unpaired) electrons. The van der Waals surface area contributed by atoms with Crippen LogP contribution in [0.5, 0.6) is 0 Å². The van der Waals surface area contributed by atoms with Crippen molar-refractivity contribution in [2.45, 2.75) is 50.7 Å². The van der Waals surface area contributed by atoms with E-state index < -0.39 is 11.7 Å². The fourth-order valence-electron chi connectivity index (χ4n) is 6.19. The summed E-state index contributed by atoms with van der Waals surface area (Å²) >= 11 is 0. The van der Waals surface area contributed by atoms with Gasteiger partial charge in [-0.05, 0) is 62.7 Å². The second kappa shape index (κ2) is 9.75. The first-order valence-electron chi connectivity index (χ1n) is 13.1. The maximum absolute atomic E-state index is 14.0. The summed E-state index contributed by atoms with van der Waals surface area (Å²) in [7, 11) is 0. The lowest BCUT2D eigenvalue weighted by atomic mass is 9.67. The van der Waals surface area contributed by atoms with Gasteiger partial charge in [-0.25, -0.2) is 15.0 Å². The minimum Gasteiger partial charge on any atom is -0.378 e. The van der Waals surface area contributed by atoms with Gasteiger partial charge in [-0.15, -0.1) is 0 Å². The summed E-state index contributed by atoms with van der Waals surface area (Å²) in [4.78, 5) is 18.4. The Morgan fingerprint density at radius 2 is 1.89 bits per heavy atom. The first-order chi connectivity index (χ1) is 17.9. The molecule has 8 nitrogen and oxygen atoms in total. The van der Waals surface area contributed by atoms with E-state index in [-0.39, 0.29) is 17.7 Å². The molecule has 1 saturated carbocycles. The van der Waals surface area contributed by atoms with E-state index in [0.29, 0.717) is 35.2 Å². The van der Waals surface area contributed by atoms with Crippen LogP contribution >= 0.6 is 0 Å². The Balaban J connectivity index is 1.31. The molecule has 1 atom stereocenters. The molecular formula is C26H32F3N7O. The number of hydrogen-bond acceptors (Lipinski definition) is 7. The minimum absolute atomic E-state index is 0.135. The number of morpholine rings is 1. The standard InChI is InChI=1S/C26H32F3N7O/c27-26(28,29)20-16-32-24(33-17-2-1-5-25(14-17)6-8-30-9-7-25)35-22(20)19-15-31-23-18(19)3-4-21(34-23)36-10-12-37-13-11-36/h3-4,15-17,30H,1-2,5-14H2,(H,31,34)(H,32,33,35). The fourth-order valence-corrected chi connectivity index (χ4v) is 6.19. The number of nitrogens with one attached hydrogen (secondary N) is 3. The van der Waals surface area contributed by atoms with Crippen LogP contribution in [0.1, 0.15) is 44.1 Å².